The lowest BCUT2D eigenvalue weighted by Crippen LogP contribution is -2.13. The molecule has 0 aromatic carbocycles. The smallest absolute Gasteiger partial charge is 0.0103 e. The third kappa shape index (κ3) is 2.84. The van der Waals surface area contributed by atoms with Crippen molar-refractivity contribution in [2.75, 3.05) is 6.16 Å². The fraction of sp³-hybridized carbons (Fsp3) is 0.750. The zero-order valence-electron chi connectivity index (χ0n) is 10.9. The van der Waals surface area contributed by atoms with Gasteiger partial charge in [0.05, 0.1) is 0 Å². The van der Waals surface area contributed by atoms with E-state index in [-0.39, 0.29) is 0 Å². The lowest BCUT2D eigenvalue weighted by Gasteiger charge is -2.30. The van der Waals surface area contributed by atoms with E-state index in [0.29, 0.717) is 7.92 Å². The maximum Gasteiger partial charge on any atom is -0.0103 e. The summed E-state index contributed by atoms with van der Waals surface area (Å²) >= 11 is 0. The molecule has 3 aliphatic carbocycles. The first-order chi connectivity index (χ1) is 8.43. The summed E-state index contributed by atoms with van der Waals surface area (Å²) in [6.45, 7) is 0. The second-order valence-electron chi connectivity index (χ2n) is 6.01. The van der Waals surface area contributed by atoms with Crippen LogP contribution < -0.4 is 0 Å². The Kier molecular flexibility index (Phi) is 4.01. The molecule has 0 amide bonds. The van der Waals surface area contributed by atoms with Crippen LogP contribution >= 0.6 is 7.92 Å². The van der Waals surface area contributed by atoms with Crippen molar-refractivity contribution in [3.05, 3.63) is 23.8 Å². The predicted octanol–water partition coefficient (Wildman–Crippen LogP) is 5.24. The summed E-state index contributed by atoms with van der Waals surface area (Å²) in [5.74, 6) is 0. The highest BCUT2D eigenvalue weighted by Crippen LogP contribution is 2.58. The second-order valence-corrected chi connectivity index (χ2v) is 8.81. The molecule has 0 heterocycles. The SMILES string of the molecule is C1=CCC(CP(C2CCCC2)C2CCCC2)=C1. The molecule has 17 heavy (non-hydrogen) atoms. The highest BCUT2D eigenvalue weighted by atomic mass is 31.1. The fourth-order valence-electron chi connectivity index (χ4n) is 3.87. The first kappa shape index (κ1) is 12.0. The average Bonchev–Trinajstić information content (AvgIpc) is 3.09. The highest BCUT2D eigenvalue weighted by molar-refractivity contribution is 7.59. The molecular formula is C16H25P. The van der Waals surface area contributed by atoms with Crippen LogP contribution in [0.1, 0.15) is 57.8 Å². The Morgan fingerprint density at radius 3 is 2.00 bits per heavy atom. The lowest BCUT2D eigenvalue weighted by molar-refractivity contribution is 0.826. The van der Waals surface area contributed by atoms with Crippen LogP contribution in [0, 0.1) is 0 Å². The van der Waals surface area contributed by atoms with E-state index in [1.54, 1.807) is 31.3 Å². The molecule has 0 aromatic rings. The molecule has 0 unspecified atom stereocenters. The first-order valence-electron chi connectivity index (χ1n) is 7.54. The largest absolute Gasteiger partial charge is 0.0962 e. The van der Waals surface area contributed by atoms with Crippen LogP contribution in [0.2, 0.25) is 0 Å². The van der Waals surface area contributed by atoms with E-state index in [1.165, 1.54) is 38.3 Å². The first-order valence-corrected chi connectivity index (χ1v) is 9.20. The van der Waals surface area contributed by atoms with Crippen LogP contribution in [0.3, 0.4) is 0 Å². The van der Waals surface area contributed by atoms with Crippen LogP contribution in [0.5, 0.6) is 0 Å². The van der Waals surface area contributed by atoms with E-state index in [4.69, 9.17) is 0 Å². The van der Waals surface area contributed by atoms with Crippen molar-refractivity contribution >= 4 is 7.92 Å². The van der Waals surface area contributed by atoms with E-state index in [2.05, 4.69) is 18.2 Å². The summed E-state index contributed by atoms with van der Waals surface area (Å²) in [7, 11) is 0.318. The quantitative estimate of drug-likeness (QED) is 0.597. The zero-order chi connectivity index (χ0) is 11.5. The van der Waals surface area contributed by atoms with Crippen LogP contribution in [0.15, 0.2) is 23.8 Å². The summed E-state index contributed by atoms with van der Waals surface area (Å²) in [5.41, 5.74) is 4.01. The Balaban J connectivity index is 1.66. The fourth-order valence-corrected chi connectivity index (χ4v) is 7.74. The zero-order valence-corrected chi connectivity index (χ0v) is 11.8. The summed E-state index contributed by atoms with van der Waals surface area (Å²) in [6.07, 6.45) is 22.1. The molecule has 0 aromatic heterocycles. The Bertz CT molecular complexity index is 287. The van der Waals surface area contributed by atoms with Gasteiger partial charge in [0.25, 0.3) is 0 Å². The van der Waals surface area contributed by atoms with Crippen LogP contribution in [0.25, 0.3) is 0 Å². The van der Waals surface area contributed by atoms with E-state index in [1.807, 2.05) is 0 Å². The van der Waals surface area contributed by atoms with Gasteiger partial charge in [-0.25, -0.2) is 0 Å². The maximum absolute atomic E-state index is 2.40. The van der Waals surface area contributed by atoms with Crippen LogP contribution in [-0.2, 0) is 0 Å². The molecule has 0 saturated heterocycles. The molecule has 2 fully saturated rings. The maximum atomic E-state index is 2.40. The third-order valence-electron chi connectivity index (χ3n) is 4.82. The topological polar surface area (TPSA) is 0 Å². The Morgan fingerprint density at radius 2 is 1.53 bits per heavy atom. The van der Waals surface area contributed by atoms with Gasteiger partial charge in [-0.2, -0.15) is 0 Å². The molecule has 0 N–H and O–H groups in total. The molecule has 2 saturated carbocycles. The predicted molar refractivity (Wildman–Crippen MR) is 78.1 cm³/mol. The van der Waals surface area contributed by atoms with Crippen molar-refractivity contribution in [3.8, 4) is 0 Å². The van der Waals surface area contributed by atoms with E-state index < -0.39 is 0 Å². The monoisotopic (exact) mass is 248 g/mol. The number of rotatable bonds is 4. The molecule has 0 aliphatic heterocycles. The molecule has 3 aliphatic rings. The molecular weight excluding hydrogens is 223 g/mol. The highest BCUT2D eigenvalue weighted by Gasteiger charge is 2.32. The van der Waals surface area contributed by atoms with Crippen molar-refractivity contribution in [2.24, 2.45) is 0 Å². The second kappa shape index (κ2) is 5.70. The molecule has 0 spiro atoms. The van der Waals surface area contributed by atoms with Crippen LogP contribution in [0.4, 0.5) is 0 Å². The summed E-state index contributed by atoms with van der Waals surface area (Å²) in [4.78, 5) is 0. The molecule has 0 atom stereocenters. The van der Waals surface area contributed by atoms with Gasteiger partial charge in [-0.3, -0.25) is 0 Å². The van der Waals surface area contributed by atoms with Crippen molar-refractivity contribution in [3.63, 3.8) is 0 Å². The van der Waals surface area contributed by atoms with Gasteiger partial charge in [0.15, 0.2) is 0 Å². The van der Waals surface area contributed by atoms with E-state index in [9.17, 15) is 0 Å². The average molecular weight is 248 g/mol. The minimum atomic E-state index is 0.318. The minimum Gasteiger partial charge on any atom is -0.0962 e. The molecule has 0 nitrogen and oxygen atoms in total. The Hall–Kier alpha value is -0.0900. The Labute approximate surface area is 107 Å². The van der Waals surface area contributed by atoms with Gasteiger partial charge < -0.3 is 0 Å². The van der Waals surface area contributed by atoms with Crippen molar-refractivity contribution < 1.29 is 0 Å². The standard InChI is InChI=1S/C16H25P/c1-2-8-14(7-1)13-17(15-9-3-4-10-15)16-11-5-6-12-16/h1-2,7,15-16H,3-6,8-13H2. The van der Waals surface area contributed by atoms with Crippen molar-refractivity contribution in [2.45, 2.75) is 69.1 Å². The molecule has 0 radical (unpaired) electrons. The normalized spacial score (nSPS) is 26.3. The molecule has 1 heteroatoms. The molecule has 94 valence electrons. The minimum absolute atomic E-state index is 0.318. The Morgan fingerprint density at radius 1 is 0.941 bits per heavy atom. The van der Waals surface area contributed by atoms with Gasteiger partial charge in [0.2, 0.25) is 0 Å². The van der Waals surface area contributed by atoms with Crippen molar-refractivity contribution in [1.29, 1.82) is 0 Å². The number of hydrogen-bond donors (Lipinski definition) is 0. The molecule has 0 bridgehead atoms. The van der Waals surface area contributed by atoms with Crippen molar-refractivity contribution in [1.82, 2.24) is 0 Å². The molecule has 3 rings (SSSR count). The lowest BCUT2D eigenvalue weighted by atomic mass is 10.3. The van der Waals surface area contributed by atoms with Gasteiger partial charge in [-0.15, -0.1) is 0 Å². The van der Waals surface area contributed by atoms with Gasteiger partial charge >= 0.3 is 0 Å². The number of hydrogen-bond acceptors (Lipinski definition) is 0. The number of allylic oxidation sites excluding steroid dienone is 4. The summed E-state index contributed by atoms with van der Waals surface area (Å²) in [5, 5.41) is 0. The van der Waals surface area contributed by atoms with Crippen LogP contribution in [-0.4, -0.2) is 17.5 Å². The van der Waals surface area contributed by atoms with Gasteiger partial charge in [-0.1, -0.05) is 57.4 Å². The van der Waals surface area contributed by atoms with Gasteiger partial charge in [0, 0.05) is 0 Å². The van der Waals surface area contributed by atoms with E-state index >= 15 is 0 Å². The summed E-state index contributed by atoms with van der Waals surface area (Å²) < 4.78 is 0. The summed E-state index contributed by atoms with van der Waals surface area (Å²) in [6, 6.07) is 0. The van der Waals surface area contributed by atoms with Gasteiger partial charge in [-0.05, 0) is 49.6 Å². The third-order valence-corrected chi connectivity index (χ3v) is 8.50. The van der Waals surface area contributed by atoms with E-state index in [0.717, 1.165) is 11.3 Å². The van der Waals surface area contributed by atoms with Gasteiger partial charge in [0.1, 0.15) is 0 Å².